The predicted octanol–water partition coefficient (Wildman–Crippen LogP) is 8.99. The zero-order valence-corrected chi connectivity index (χ0v) is 20.6. The maximum absolute atomic E-state index is 14.4. The smallest absolute Gasteiger partial charge is 0.165 e. The summed E-state index contributed by atoms with van der Waals surface area (Å²) in [4.78, 5) is 0. The second kappa shape index (κ2) is 13.7. The average molecular weight is 461 g/mol. The van der Waals surface area contributed by atoms with Gasteiger partial charge in [-0.05, 0) is 84.3 Å². The van der Waals surface area contributed by atoms with Gasteiger partial charge in [-0.3, -0.25) is 0 Å². The highest BCUT2D eigenvalue weighted by molar-refractivity contribution is 5.89. The number of benzene rings is 3. The van der Waals surface area contributed by atoms with E-state index in [0.29, 0.717) is 6.10 Å². The Bertz CT molecular complexity index is 1090. The molecule has 3 rings (SSSR count). The third kappa shape index (κ3) is 7.85. The Kier molecular flexibility index (Phi) is 10.4. The molecular weight excluding hydrogens is 423 g/mol. The molecule has 2 nitrogen and oxygen atoms in total. The Morgan fingerprint density at radius 2 is 1.71 bits per heavy atom. The van der Waals surface area contributed by atoms with E-state index in [9.17, 15) is 4.39 Å². The fourth-order valence-corrected chi connectivity index (χ4v) is 3.96. The normalized spacial score (nSPS) is 12.3. The van der Waals surface area contributed by atoms with Gasteiger partial charge < -0.3 is 9.47 Å². The number of fused-ring (bicyclic) bond motifs is 1. The molecule has 0 saturated carbocycles. The van der Waals surface area contributed by atoms with Crippen molar-refractivity contribution in [3.05, 3.63) is 84.7 Å². The van der Waals surface area contributed by atoms with Crippen LogP contribution in [0.25, 0.3) is 28.0 Å². The van der Waals surface area contributed by atoms with Gasteiger partial charge in [-0.1, -0.05) is 74.9 Å². The first-order valence-electron chi connectivity index (χ1n) is 12.5. The molecule has 0 aromatic heterocycles. The molecule has 0 spiro atoms. The van der Waals surface area contributed by atoms with Crippen molar-refractivity contribution < 1.29 is 13.9 Å². The van der Waals surface area contributed by atoms with Crippen LogP contribution in [0.5, 0.6) is 5.75 Å². The van der Waals surface area contributed by atoms with Gasteiger partial charge in [0.1, 0.15) is 6.61 Å². The molecule has 0 bridgehead atoms. The molecule has 0 heterocycles. The van der Waals surface area contributed by atoms with Crippen LogP contribution < -0.4 is 4.74 Å². The number of halogens is 1. The number of allylic oxidation sites excluding steroid dienone is 1. The largest absolute Gasteiger partial charge is 0.486 e. The summed E-state index contributed by atoms with van der Waals surface area (Å²) < 4.78 is 25.6. The molecule has 1 atom stereocenters. The van der Waals surface area contributed by atoms with Gasteiger partial charge in [0, 0.05) is 6.61 Å². The maximum Gasteiger partial charge on any atom is 0.165 e. The van der Waals surface area contributed by atoms with E-state index in [1.807, 2.05) is 12.1 Å². The molecule has 3 aromatic rings. The van der Waals surface area contributed by atoms with Crippen molar-refractivity contribution in [3.8, 4) is 16.9 Å². The molecule has 34 heavy (non-hydrogen) atoms. The average Bonchev–Trinajstić information content (AvgIpc) is 2.85. The third-order valence-corrected chi connectivity index (χ3v) is 5.93. The lowest BCUT2D eigenvalue weighted by Gasteiger charge is -2.12. The highest BCUT2D eigenvalue weighted by Gasteiger charge is 2.07. The summed E-state index contributed by atoms with van der Waals surface area (Å²) >= 11 is 0. The minimum atomic E-state index is -0.364. The van der Waals surface area contributed by atoms with Crippen LogP contribution in [0.2, 0.25) is 0 Å². The van der Waals surface area contributed by atoms with Crippen LogP contribution in [0.4, 0.5) is 4.39 Å². The van der Waals surface area contributed by atoms with Crippen LogP contribution in [0.15, 0.2) is 73.3 Å². The Morgan fingerprint density at radius 3 is 2.50 bits per heavy atom. The molecular formula is C31H37FO2. The summed E-state index contributed by atoms with van der Waals surface area (Å²) in [5, 5.41) is 2.31. The van der Waals surface area contributed by atoms with E-state index in [4.69, 9.17) is 9.47 Å². The summed E-state index contributed by atoms with van der Waals surface area (Å²) in [6.45, 7) is 9.15. The second-order valence-electron chi connectivity index (χ2n) is 8.79. The van der Waals surface area contributed by atoms with E-state index in [0.717, 1.165) is 42.4 Å². The van der Waals surface area contributed by atoms with Gasteiger partial charge in [-0.2, -0.15) is 0 Å². The summed E-state index contributed by atoms with van der Waals surface area (Å²) in [5.74, 6) is -0.118. The Morgan fingerprint density at radius 1 is 0.941 bits per heavy atom. The van der Waals surface area contributed by atoms with Gasteiger partial charge in [0.15, 0.2) is 11.6 Å². The van der Waals surface area contributed by atoms with Crippen molar-refractivity contribution in [3.63, 3.8) is 0 Å². The van der Waals surface area contributed by atoms with Crippen molar-refractivity contribution in [1.82, 2.24) is 0 Å². The van der Waals surface area contributed by atoms with E-state index in [-0.39, 0.29) is 18.2 Å². The first-order valence-corrected chi connectivity index (χ1v) is 12.5. The van der Waals surface area contributed by atoms with Crippen molar-refractivity contribution in [2.75, 3.05) is 13.2 Å². The maximum atomic E-state index is 14.4. The van der Waals surface area contributed by atoms with Gasteiger partial charge in [0.05, 0.1) is 6.10 Å². The highest BCUT2D eigenvalue weighted by Crippen LogP contribution is 2.29. The van der Waals surface area contributed by atoms with Crippen LogP contribution >= 0.6 is 0 Å². The lowest BCUT2D eigenvalue weighted by molar-refractivity contribution is 0.0566. The molecule has 3 aromatic carbocycles. The fraction of sp³-hybridized carbons (Fsp3) is 0.355. The highest BCUT2D eigenvalue weighted by atomic mass is 19.1. The van der Waals surface area contributed by atoms with Gasteiger partial charge >= 0.3 is 0 Å². The zero-order chi connectivity index (χ0) is 24.2. The molecule has 0 amide bonds. The standard InChI is InChI=1S/C31H37FO2/c1-4-6-10-20-33-24(3)11-8-7-9-12-25-13-14-27-22-28(16-15-26(27)21-25)29-17-18-31(30(32)23-29)34-19-5-2/h5,9,12-18,21-24H,2,4,6-8,10-11,19-20H2,1,3H3. The minimum Gasteiger partial charge on any atom is -0.486 e. The molecule has 0 aliphatic rings. The molecule has 0 radical (unpaired) electrons. The molecule has 180 valence electrons. The van der Waals surface area contributed by atoms with E-state index in [1.54, 1.807) is 12.1 Å². The van der Waals surface area contributed by atoms with E-state index in [2.05, 4.69) is 62.9 Å². The lowest BCUT2D eigenvalue weighted by atomic mass is 9.99. The van der Waals surface area contributed by atoms with E-state index < -0.39 is 0 Å². The fourth-order valence-electron chi connectivity index (χ4n) is 3.96. The number of hydrogen-bond acceptors (Lipinski definition) is 2. The Labute approximate surface area is 204 Å². The monoisotopic (exact) mass is 460 g/mol. The second-order valence-corrected chi connectivity index (χ2v) is 8.79. The minimum absolute atomic E-state index is 0.245. The molecule has 1 unspecified atom stereocenters. The Hall–Kier alpha value is -2.91. The number of unbranched alkanes of at least 4 members (excludes halogenated alkanes) is 3. The zero-order valence-electron chi connectivity index (χ0n) is 20.6. The van der Waals surface area contributed by atoms with Crippen LogP contribution in [0.3, 0.4) is 0 Å². The van der Waals surface area contributed by atoms with Gasteiger partial charge in [-0.25, -0.2) is 4.39 Å². The summed E-state index contributed by atoms with van der Waals surface area (Å²) in [6, 6.07) is 17.8. The SMILES string of the molecule is C=CCOc1ccc(-c2ccc3cc(C=CCCCC(C)OCCCCC)ccc3c2)cc1F. The Balaban J connectivity index is 1.55. The third-order valence-electron chi connectivity index (χ3n) is 5.93. The van der Waals surface area contributed by atoms with Gasteiger partial charge in [0.2, 0.25) is 0 Å². The molecule has 3 heteroatoms. The summed E-state index contributed by atoms with van der Waals surface area (Å²) in [6.07, 6.45) is 13.3. The van der Waals surface area contributed by atoms with E-state index in [1.165, 1.54) is 36.3 Å². The quantitative estimate of drug-likeness (QED) is 0.176. The van der Waals surface area contributed by atoms with Crippen molar-refractivity contribution >= 4 is 16.8 Å². The van der Waals surface area contributed by atoms with Gasteiger partial charge in [0.25, 0.3) is 0 Å². The van der Waals surface area contributed by atoms with Crippen LogP contribution in [-0.4, -0.2) is 19.3 Å². The van der Waals surface area contributed by atoms with Crippen LogP contribution in [-0.2, 0) is 4.74 Å². The van der Waals surface area contributed by atoms with Crippen molar-refractivity contribution in [1.29, 1.82) is 0 Å². The molecule has 0 saturated heterocycles. The van der Waals surface area contributed by atoms with Crippen molar-refractivity contribution in [2.45, 2.75) is 58.5 Å². The number of rotatable bonds is 14. The first-order chi connectivity index (χ1) is 16.6. The number of hydrogen-bond donors (Lipinski definition) is 0. The molecule has 0 N–H and O–H groups in total. The first kappa shape index (κ1) is 25.7. The topological polar surface area (TPSA) is 18.5 Å². The number of ether oxygens (including phenoxy) is 2. The van der Waals surface area contributed by atoms with Gasteiger partial charge in [-0.15, -0.1) is 0 Å². The summed E-state index contributed by atoms with van der Waals surface area (Å²) in [5.41, 5.74) is 3.01. The van der Waals surface area contributed by atoms with E-state index >= 15 is 0 Å². The molecule has 0 aliphatic heterocycles. The lowest BCUT2D eigenvalue weighted by Crippen LogP contribution is -2.08. The van der Waals surface area contributed by atoms with Crippen LogP contribution in [0.1, 0.15) is 57.9 Å². The summed E-state index contributed by atoms with van der Waals surface area (Å²) in [7, 11) is 0. The molecule has 0 aliphatic carbocycles. The molecule has 0 fully saturated rings. The van der Waals surface area contributed by atoms with Crippen molar-refractivity contribution in [2.24, 2.45) is 0 Å². The van der Waals surface area contributed by atoms with Crippen LogP contribution in [0, 0.1) is 5.82 Å². The predicted molar refractivity (Wildman–Crippen MR) is 143 cm³/mol.